The largest absolute Gasteiger partial charge is 0.330 e. The summed E-state index contributed by atoms with van der Waals surface area (Å²) in [6.07, 6.45) is 2.75. The summed E-state index contributed by atoms with van der Waals surface area (Å²) in [6, 6.07) is 10.3. The van der Waals surface area contributed by atoms with Gasteiger partial charge in [-0.1, -0.05) is 30.3 Å². The van der Waals surface area contributed by atoms with Crippen molar-refractivity contribution in [2.75, 3.05) is 6.54 Å². The third kappa shape index (κ3) is 3.61. The second-order valence-electron chi connectivity index (χ2n) is 4.84. The van der Waals surface area contributed by atoms with E-state index >= 15 is 0 Å². The molecule has 0 saturated heterocycles. The molecule has 2 N–H and O–H groups in total. The maximum Gasteiger partial charge on any atom is 0.133 e. The smallest absolute Gasteiger partial charge is 0.133 e. The van der Waals surface area contributed by atoms with Gasteiger partial charge in [0.15, 0.2) is 0 Å². The van der Waals surface area contributed by atoms with Gasteiger partial charge in [-0.05, 0) is 44.4 Å². The predicted octanol–water partition coefficient (Wildman–Crippen LogP) is 2.58. The van der Waals surface area contributed by atoms with Gasteiger partial charge < -0.3 is 5.73 Å². The van der Waals surface area contributed by atoms with Gasteiger partial charge in [-0.15, -0.1) is 0 Å². The van der Waals surface area contributed by atoms with Crippen LogP contribution in [0.3, 0.4) is 0 Å². The molecule has 0 amide bonds. The van der Waals surface area contributed by atoms with Crippen LogP contribution in [0, 0.1) is 13.8 Å². The molecule has 19 heavy (non-hydrogen) atoms. The van der Waals surface area contributed by atoms with Crippen LogP contribution < -0.4 is 5.73 Å². The lowest BCUT2D eigenvalue weighted by Crippen LogP contribution is -2.08. The molecule has 0 atom stereocenters. The van der Waals surface area contributed by atoms with E-state index in [1.807, 2.05) is 18.2 Å². The molecule has 3 nitrogen and oxygen atoms in total. The summed E-state index contributed by atoms with van der Waals surface area (Å²) in [4.78, 5) is 9.26. The van der Waals surface area contributed by atoms with Gasteiger partial charge in [0.2, 0.25) is 0 Å². The highest BCUT2D eigenvalue weighted by molar-refractivity contribution is 5.26. The van der Waals surface area contributed by atoms with E-state index in [4.69, 9.17) is 5.73 Å². The number of rotatable bonds is 5. The van der Waals surface area contributed by atoms with E-state index in [0.29, 0.717) is 6.54 Å². The fourth-order valence-corrected chi connectivity index (χ4v) is 2.31. The number of nitrogens with two attached hydrogens (primary N) is 1. The number of benzene rings is 1. The fourth-order valence-electron chi connectivity index (χ4n) is 2.31. The molecule has 1 aromatic carbocycles. The number of aryl methyl sites for hydroxylation is 2. The first kappa shape index (κ1) is 13.7. The van der Waals surface area contributed by atoms with Crippen LogP contribution in [0.2, 0.25) is 0 Å². The minimum absolute atomic E-state index is 0.713. The Hall–Kier alpha value is -1.74. The maximum atomic E-state index is 5.57. The average molecular weight is 255 g/mol. The molecule has 0 aliphatic carbocycles. The molecular weight excluding hydrogens is 234 g/mol. The van der Waals surface area contributed by atoms with Crippen LogP contribution in [0.4, 0.5) is 0 Å². The molecule has 0 unspecified atom stereocenters. The normalized spacial score (nSPS) is 10.7. The monoisotopic (exact) mass is 255 g/mol. The molecule has 2 aromatic rings. The summed E-state index contributed by atoms with van der Waals surface area (Å²) in [7, 11) is 0. The highest BCUT2D eigenvalue weighted by atomic mass is 14.9. The van der Waals surface area contributed by atoms with E-state index in [1.54, 1.807) is 0 Å². The number of hydrogen-bond acceptors (Lipinski definition) is 3. The van der Waals surface area contributed by atoms with Crippen molar-refractivity contribution in [3.8, 4) is 0 Å². The number of aromatic nitrogens is 2. The molecule has 0 fully saturated rings. The van der Waals surface area contributed by atoms with E-state index in [9.17, 15) is 0 Å². The van der Waals surface area contributed by atoms with Crippen LogP contribution >= 0.6 is 0 Å². The molecule has 0 aliphatic heterocycles. The lowest BCUT2D eigenvalue weighted by atomic mass is 10.1. The number of nitrogens with zero attached hydrogens (tertiary/aromatic N) is 2. The molecule has 0 radical (unpaired) electrons. The average Bonchev–Trinajstić information content (AvgIpc) is 2.39. The molecular formula is C16H21N3. The topological polar surface area (TPSA) is 51.8 Å². The van der Waals surface area contributed by atoms with Gasteiger partial charge in [0.25, 0.3) is 0 Å². The lowest BCUT2D eigenvalue weighted by molar-refractivity contribution is 0.791. The second-order valence-corrected chi connectivity index (χ2v) is 4.84. The van der Waals surface area contributed by atoms with Crippen molar-refractivity contribution in [3.63, 3.8) is 0 Å². The highest BCUT2D eigenvalue weighted by Crippen LogP contribution is 2.14. The Morgan fingerprint density at radius 3 is 2.21 bits per heavy atom. The predicted molar refractivity (Wildman–Crippen MR) is 78.1 cm³/mol. The van der Waals surface area contributed by atoms with Crippen LogP contribution in [0.1, 0.15) is 34.8 Å². The molecule has 0 saturated carbocycles. The van der Waals surface area contributed by atoms with Gasteiger partial charge in [-0.25, -0.2) is 9.97 Å². The number of hydrogen-bond donors (Lipinski definition) is 1. The van der Waals surface area contributed by atoms with E-state index in [1.165, 1.54) is 11.1 Å². The van der Waals surface area contributed by atoms with Crippen molar-refractivity contribution in [2.24, 2.45) is 5.73 Å². The third-order valence-corrected chi connectivity index (χ3v) is 3.30. The van der Waals surface area contributed by atoms with E-state index < -0.39 is 0 Å². The maximum absolute atomic E-state index is 5.57. The Morgan fingerprint density at radius 1 is 1.00 bits per heavy atom. The minimum Gasteiger partial charge on any atom is -0.330 e. The van der Waals surface area contributed by atoms with Crippen LogP contribution in [-0.4, -0.2) is 16.5 Å². The quantitative estimate of drug-likeness (QED) is 0.893. The Bertz CT molecular complexity index is 512. The summed E-state index contributed by atoms with van der Waals surface area (Å²) >= 11 is 0. The first-order chi connectivity index (χ1) is 9.20. The SMILES string of the molecule is Cc1nc(Cc2ccccc2)nc(C)c1CCCN. The summed E-state index contributed by atoms with van der Waals surface area (Å²) in [6.45, 7) is 4.84. The van der Waals surface area contributed by atoms with Gasteiger partial charge in [0, 0.05) is 17.8 Å². The molecule has 1 aromatic heterocycles. The molecule has 2 rings (SSSR count). The van der Waals surface area contributed by atoms with Crippen molar-refractivity contribution in [1.82, 2.24) is 9.97 Å². The first-order valence-corrected chi connectivity index (χ1v) is 6.77. The van der Waals surface area contributed by atoms with Crippen molar-refractivity contribution in [1.29, 1.82) is 0 Å². The Balaban J connectivity index is 2.20. The van der Waals surface area contributed by atoms with Crippen LogP contribution in [-0.2, 0) is 12.8 Å². The van der Waals surface area contributed by atoms with Crippen LogP contribution in [0.15, 0.2) is 30.3 Å². The second kappa shape index (κ2) is 6.43. The lowest BCUT2D eigenvalue weighted by Gasteiger charge is -2.10. The Morgan fingerprint density at radius 2 is 1.63 bits per heavy atom. The van der Waals surface area contributed by atoms with Crippen molar-refractivity contribution in [2.45, 2.75) is 33.1 Å². The van der Waals surface area contributed by atoms with Crippen molar-refractivity contribution >= 4 is 0 Å². The fraction of sp³-hybridized carbons (Fsp3) is 0.375. The van der Waals surface area contributed by atoms with Gasteiger partial charge in [0.05, 0.1) is 0 Å². The van der Waals surface area contributed by atoms with Crippen molar-refractivity contribution in [3.05, 3.63) is 58.7 Å². The van der Waals surface area contributed by atoms with Crippen LogP contribution in [0.5, 0.6) is 0 Å². The van der Waals surface area contributed by atoms with Crippen molar-refractivity contribution < 1.29 is 0 Å². The van der Waals surface area contributed by atoms with Crippen LogP contribution in [0.25, 0.3) is 0 Å². The molecule has 100 valence electrons. The third-order valence-electron chi connectivity index (χ3n) is 3.30. The highest BCUT2D eigenvalue weighted by Gasteiger charge is 2.08. The minimum atomic E-state index is 0.713. The van der Waals surface area contributed by atoms with E-state index in [2.05, 4.69) is 35.9 Å². The van der Waals surface area contributed by atoms with E-state index in [-0.39, 0.29) is 0 Å². The summed E-state index contributed by atoms with van der Waals surface area (Å²) < 4.78 is 0. The molecule has 3 heteroatoms. The molecule has 0 aliphatic rings. The first-order valence-electron chi connectivity index (χ1n) is 6.77. The standard InChI is InChI=1S/C16H21N3/c1-12-15(9-6-10-17)13(2)19-16(18-12)11-14-7-4-3-5-8-14/h3-5,7-8H,6,9-11,17H2,1-2H3. The zero-order chi connectivity index (χ0) is 13.7. The zero-order valence-corrected chi connectivity index (χ0v) is 11.7. The molecule has 0 spiro atoms. The Kier molecular flexibility index (Phi) is 4.63. The van der Waals surface area contributed by atoms with E-state index in [0.717, 1.165) is 36.5 Å². The summed E-state index contributed by atoms with van der Waals surface area (Å²) in [5.74, 6) is 0.901. The molecule has 1 heterocycles. The zero-order valence-electron chi connectivity index (χ0n) is 11.7. The van der Waals surface area contributed by atoms with Gasteiger partial charge in [-0.2, -0.15) is 0 Å². The van der Waals surface area contributed by atoms with Gasteiger partial charge in [-0.3, -0.25) is 0 Å². The molecule has 0 bridgehead atoms. The summed E-state index contributed by atoms with van der Waals surface area (Å²) in [5.41, 5.74) is 10.2. The summed E-state index contributed by atoms with van der Waals surface area (Å²) in [5, 5.41) is 0. The van der Waals surface area contributed by atoms with Gasteiger partial charge in [0.1, 0.15) is 5.82 Å². The Labute approximate surface area is 114 Å². The van der Waals surface area contributed by atoms with Gasteiger partial charge >= 0.3 is 0 Å².